The predicted molar refractivity (Wildman–Crippen MR) is 42.6 cm³/mol. The van der Waals surface area contributed by atoms with Crippen molar-refractivity contribution in [3.8, 4) is 0 Å². The summed E-state index contributed by atoms with van der Waals surface area (Å²) in [5.74, 6) is 0.457. The highest BCUT2D eigenvalue weighted by Crippen LogP contribution is 2.01. The number of hydrogen-bond donors (Lipinski definition) is 1. The van der Waals surface area contributed by atoms with Crippen LogP contribution in [0.2, 0.25) is 0 Å². The molecule has 1 aliphatic rings. The molecule has 0 aromatic carbocycles. The molecule has 1 heterocycles. The molecule has 1 rings (SSSR count). The smallest absolute Gasteiger partial charge is 0.229 e. The van der Waals surface area contributed by atoms with Crippen molar-refractivity contribution in [1.29, 1.82) is 5.41 Å². The van der Waals surface area contributed by atoms with Crippen LogP contribution in [0.5, 0.6) is 0 Å². The molecule has 1 saturated heterocycles. The topological polar surface area (TPSA) is 47.4 Å². The molecule has 1 N–H and O–H groups in total. The molecule has 11 heavy (non-hydrogen) atoms. The Kier molecular flexibility index (Phi) is 2.12. The molecule has 0 bridgehead atoms. The summed E-state index contributed by atoms with van der Waals surface area (Å²) in [5, 5.41) is 7.43. The Labute approximate surface area is 66.3 Å². The Hall–Kier alpha value is -1.06. The lowest BCUT2D eigenvalue weighted by atomic mass is 10.3. The van der Waals surface area contributed by atoms with Crippen LogP contribution in [0, 0.1) is 5.41 Å². The van der Waals surface area contributed by atoms with Gasteiger partial charge in [-0.2, -0.15) is 0 Å². The normalized spacial score (nSPS) is 20.5. The highest BCUT2D eigenvalue weighted by molar-refractivity contribution is 5.98. The number of likely N-dealkylation sites (N-methyl/N-ethyl adjacent to an activating group) is 2. The molecular weight excluding hydrogens is 142 g/mol. The van der Waals surface area contributed by atoms with Gasteiger partial charge in [0.2, 0.25) is 5.91 Å². The molecule has 0 unspecified atom stereocenters. The van der Waals surface area contributed by atoms with E-state index < -0.39 is 0 Å². The van der Waals surface area contributed by atoms with Crippen LogP contribution in [0.4, 0.5) is 0 Å². The molecule has 0 aromatic rings. The van der Waals surface area contributed by atoms with Crippen LogP contribution in [0.15, 0.2) is 0 Å². The van der Waals surface area contributed by atoms with Gasteiger partial charge in [0.15, 0.2) is 0 Å². The van der Waals surface area contributed by atoms with Crippen molar-refractivity contribution in [2.75, 3.05) is 27.2 Å². The minimum Gasteiger partial charge on any atom is -0.361 e. The highest BCUT2D eigenvalue weighted by atomic mass is 16.2. The van der Waals surface area contributed by atoms with E-state index in [1.165, 1.54) is 0 Å². The molecule has 0 saturated carbocycles. The van der Waals surface area contributed by atoms with Gasteiger partial charge < -0.3 is 9.80 Å². The van der Waals surface area contributed by atoms with Gasteiger partial charge in [-0.3, -0.25) is 10.2 Å². The predicted octanol–water partition coefficient (Wildman–Crippen LogP) is -0.242. The van der Waals surface area contributed by atoms with Gasteiger partial charge in [0.05, 0.1) is 6.42 Å². The monoisotopic (exact) mass is 155 g/mol. The molecular formula is C7H13N3O. The van der Waals surface area contributed by atoms with E-state index in [-0.39, 0.29) is 12.3 Å². The molecule has 1 fully saturated rings. The molecule has 0 radical (unpaired) electrons. The second-order valence-corrected chi connectivity index (χ2v) is 2.86. The summed E-state index contributed by atoms with van der Waals surface area (Å²) in [6.07, 6.45) is 0.243. The maximum atomic E-state index is 11.1. The minimum absolute atomic E-state index is 0.0411. The van der Waals surface area contributed by atoms with Crippen molar-refractivity contribution in [2.45, 2.75) is 6.42 Å². The van der Waals surface area contributed by atoms with Crippen molar-refractivity contribution in [1.82, 2.24) is 9.80 Å². The number of hydrogen-bond acceptors (Lipinski definition) is 2. The van der Waals surface area contributed by atoms with Crippen molar-refractivity contribution in [3.05, 3.63) is 0 Å². The van der Waals surface area contributed by atoms with Gasteiger partial charge in [0.1, 0.15) is 5.84 Å². The molecule has 0 atom stereocenters. The standard InChI is InChI=1S/C7H13N3O/c1-9-3-4-10(2)7(11)5-6(9)8/h8H,3-5H2,1-2H3. The zero-order chi connectivity index (χ0) is 8.43. The molecule has 0 spiro atoms. The van der Waals surface area contributed by atoms with Crippen molar-refractivity contribution >= 4 is 11.7 Å². The van der Waals surface area contributed by atoms with E-state index in [0.717, 1.165) is 13.1 Å². The minimum atomic E-state index is 0.0411. The average molecular weight is 155 g/mol. The van der Waals surface area contributed by atoms with Gasteiger partial charge >= 0.3 is 0 Å². The van der Waals surface area contributed by atoms with Gasteiger partial charge in [-0.25, -0.2) is 0 Å². The number of rotatable bonds is 0. The Bertz CT molecular complexity index is 170. The van der Waals surface area contributed by atoms with Crippen LogP contribution in [0.25, 0.3) is 0 Å². The summed E-state index contributed by atoms with van der Waals surface area (Å²) in [7, 11) is 3.61. The van der Waals surface area contributed by atoms with E-state index in [2.05, 4.69) is 0 Å². The summed E-state index contributed by atoms with van der Waals surface area (Å²) >= 11 is 0. The van der Waals surface area contributed by atoms with Gasteiger partial charge in [0, 0.05) is 27.2 Å². The maximum Gasteiger partial charge on any atom is 0.229 e. The number of nitrogens with one attached hydrogen (secondary N) is 1. The quantitative estimate of drug-likeness (QED) is 0.524. The SMILES string of the molecule is CN1CCN(C)C(=O)CC1=N. The van der Waals surface area contributed by atoms with Gasteiger partial charge in [-0.05, 0) is 0 Å². The molecule has 0 aromatic heterocycles. The first-order valence-corrected chi connectivity index (χ1v) is 3.64. The van der Waals surface area contributed by atoms with Crippen molar-refractivity contribution in [2.24, 2.45) is 0 Å². The number of nitrogens with zero attached hydrogens (tertiary/aromatic N) is 2. The second kappa shape index (κ2) is 2.90. The van der Waals surface area contributed by atoms with E-state index in [4.69, 9.17) is 5.41 Å². The zero-order valence-corrected chi connectivity index (χ0v) is 6.92. The van der Waals surface area contributed by atoms with Crippen LogP contribution >= 0.6 is 0 Å². The number of carbonyl (C=O) groups is 1. The lowest BCUT2D eigenvalue weighted by Crippen LogP contribution is -2.28. The second-order valence-electron chi connectivity index (χ2n) is 2.86. The fourth-order valence-electron chi connectivity index (χ4n) is 0.973. The first kappa shape index (κ1) is 8.04. The molecule has 1 aliphatic heterocycles. The third kappa shape index (κ3) is 1.69. The first-order valence-electron chi connectivity index (χ1n) is 3.64. The van der Waals surface area contributed by atoms with E-state index in [9.17, 15) is 4.79 Å². The third-order valence-corrected chi connectivity index (χ3v) is 1.98. The lowest BCUT2D eigenvalue weighted by molar-refractivity contribution is -0.128. The van der Waals surface area contributed by atoms with E-state index in [0.29, 0.717) is 5.84 Å². The Morgan fingerprint density at radius 1 is 1.27 bits per heavy atom. The largest absolute Gasteiger partial charge is 0.361 e. The lowest BCUT2D eigenvalue weighted by Gasteiger charge is -2.15. The first-order chi connectivity index (χ1) is 5.11. The number of amidine groups is 1. The Morgan fingerprint density at radius 3 is 2.45 bits per heavy atom. The van der Waals surface area contributed by atoms with Crippen LogP contribution in [0.1, 0.15) is 6.42 Å². The Morgan fingerprint density at radius 2 is 1.82 bits per heavy atom. The summed E-state index contributed by atoms with van der Waals surface area (Å²) < 4.78 is 0. The number of amides is 1. The molecule has 62 valence electrons. The molecule has 4 heteroatoms. The van der Waals surface area contributed by atoms with E-state index in [1.54, 1.807) is 16.8 Å². The fraction of sp³-hybridized carbons (Fsp3) is 0.714. The van der Waals surface area contributed by atoms with E-state index >= 15 is 0 Å². The molecule has 1 amide bonds. The van der Waals surface area contributed by atoms with Gasteiger partial charge in [-0.1, -0.05) is 0 Å². The van der Waals surface area contributed by atoms with Crippen LogP contribution in [-0.2, 0) is 4.79 Å². The van der Waals surface area contributed by atoms with E-state index in [1.807, 2.05) is 7.05 Å². The van der Waals surface area contributed by atoms with Gasteiger partial charge in [0.25, 0.3) is 0 Å². The van der Waals surface area contributed by atoms with Crippen LogP contribution in [0.3, 0.4) is 0 Å². The summed E-state index contributed by atoms with van der Waals surface area (Å²) in [4.78, 5) is 14.6. The summed E-state index contributed by atoms with van der Waals surface area (Å²) in [5.41, 5.74) is 0. The highest BCUT2D eigenvalue weighted by Gasteiger charge is 2.18. The van der Waals surface area contributed by atoms with Crippen LogP contribution < -0.4 is 0 Å². The molecule has 0 aliphatic carbocycles. The third-order valence-electron chi connectivity index (χ3n) is 1.98. The van der Waals surface area contributed by atoms with Gasteiger partial charge in [-0.15, -0.1) is 0 Å². The Balaban J connectivity index is 2.66. The zero-order valence-electron chi connectivity index (χ0n) is 6.92. The molecule has 4 nitrogen and oxygen atoms in total. The van der Waals surface area contributed by atoms with Crippen molar-refractivity contribution < 1.29 is 4.79 Å². The summed E-state index contributed by atoms with van der Waals surface area (Å²) in [6.45, 7) is 1.48. The maximum absolute atomic E-state index is 11.1. The fourth-order valence-corrected chi connectivity index (χ4v) is 0.973. The van der Waals surface area contributed by atoms with Crippen LogP contribution in [-0.4, -0.2) is 48.7 Å². The average Bonchev–Trinajstić information content (AvgIpc) is 2.05. The number of carbonyl (C=O) groups excluding carboxylic acids is 1. The van der Waals surface area contributed by atoms with Crippen molar-refractivity contribution in [3.63, 3.8) is 0 Å². The summed E-state index contributed by atoms with van der Waals surface area (Å²) in [6, 6.07) is 0.